The van der Waals surface area contributed by atoms with E-state index in [4.69, 9.17) is 33.1 Å². The number of H-pyrrole nitrogens is 1. The zero-order valence-corrected chi connectivity index (χ0v) is 45.3. The lowest BCUT2D eigenvalue weighted by Gasteiger charge is -2.27. The Hall–Kier alpha value is -8.92. The van der Waals surface area contributed by atoms with E-state index in [1.54, 1.807) is 30.3 Å². The fraction of sp³-hybridized carbons (Fsp3) is 0.521. The number of imidazole rings is 1. The topological polar surface area (TPSA) is 564 Å². The predicted molar refractivity (Wildman–Crippen MR) is 288 cm³/mol. The van der Waals surface area contributed by atoms with Crippen LogP contribution in [0, 0.1) is 0 Å². The van der Waals surface area contributed by atoms with Crippen LogP contribution in [0.3, 0.4) is 0 Å². The molecule has 1 heterocycles. The first-order chi connectivity index (χ1) is 38.7. The van der Waals surface area contributed by atoms with Crippen LogP contribution in [0.25, 0.3) is 0 Å². The summed E-state index contributed by atoms with van der Waals surface area (Å²) in [5.74, 6) is -16.4. The summed E-state index contributed by atoms with van der Waals surface area (Å²) in [7, 11) is 0. The third kappa shape index (κ3) is 27.8. The molecule has 0 aliphatic rings. The highest BCUT2D eigenvalue weighted by atomic mass is 32.2. The number of aromatic nitrogens is 2. The molecule has 0 radical (unpaired) electrons. The Kier molecular flexibility index (Phi) is 30.7. The zero-order chi connectivity index (χ0) is 61.5. The fourth-order valence-corrected chi connectivity index (χ4v) is 8.11. The molecule has 1 aromatic heterocycles. The van der Waals surface area contributed by atoms with Gasteiger partial charge < -0.3 is 96.0 Å². The van der Waals surface area contributed by atoms with Crippen LogP contribution in [-0.2, 0) is 75.2 Å². The summed E-state index contributed by atoms with van der Waals surface area (Å²) in [6.45, 7) is 1.25. The number of carbonyl (C=O) groups excluding carboxylic acids is 8. The molecule has 0 aliphatic carbocycles. The van der Waals surface area contributed by atoms with Crippen LogP contribution in [0.4, 0.5) is 0 Å². The number of carboxylic acids is 5. The van der Waals surface area contributed by atoms with E-state index in [9.17, 15) is 77.6 Å². The van der Waals surface area contributed by atoms with Crippen molar-refractivity contribution in [3.63, 3.8) is 0 Å². The quantitative estimate of drug-likeness (QED) is 0.0168. The van der Waals surface area contributed by atoms with Crippen molar-refractivity contribution < 1.29 is 87.9 Å². The van der Waals surface area contributed by atoms with Crippen LogP contribution < -0.4 is 65.5 Å². The van der Waals surface area contributed by atoms with E-state index < -0.39 is 169 Å². The number of thioether (sulfide) groups is 1. The number of guanidine groups is 1. The van der Waals surface area contributed by atoms with Crippen LogP contribution in [0.15, 0.2) is 47.8 Å². The number of hydrogen-bond donors (Lipinski definition) is 18. The van der Waals surface area contributed by atoms with Gasteiger partial charge in [-0.2, -0.15) is 0 Å². The number of aromatic amines is 1. The molecule has 0 saturated heterocycles. The molecule has 2 rings (SSSR count). The number of unbranched alkanes of at least 4 members (excludes halogenated alkanes) is 1. The fourth-order valence-electron chi connectivity index (χ4n) is 7.24. The lowest BCUT2D eigenvalue weighted by Crippen LogP contribution is -2.60. The first-order valence-electron chi connectivity index (χ1n) is 25.3. The van der Waals surface area contributed by atoms with Gasteiger partial charge in [-0.1, -0.05) is 30.3 Å². The molecule has 0 bridgehead atoms. The first-order valence-corrected chi connectivity index (χ1v) is 26.5. The number of nitrogens with zero attached hydrogens (tertiary/aromatic N) is 2. The van der Waals surface area contributed by atoms with Crippen molar-refractivity contribution in [1.29, 1.82) is 0 Å². The van der Waals surface area contributed by atoms with Gasteiger partial charge in [0.2, 0.25) is 47.3 Å². The maximum absolute atomic E-state index is 14.4. The highest BCUT2D eigenvalue weighted by molar-refractivity contribution is 8.00. The maximum Gasteiger partial charge on any atom is 0.327 e. The molecular weight excluding hydrogens is 1110 g/mol. The molecule has 1 aromatic carbocycles. The Morgan fingerprint density at radius 2 is 1.13 bits per heavy atom. The molecule has 0 saturated carbocycles. The Labute approximate surface area is 472 Å². The van der Waals surface area contributed by atoms with Crippen LogP contribution in [0.2, 0.25) is 0 Å². The molecule has 2 aromatic rings. The molecule has 0 unspecified atom stereocenters. The number of aliphatic carboxylic acids is 5. The molecule has 0 fully saturated rings. The third-order valence-electron chi connectivity index (χ3n) is 11.6. The number of carbonyl (C=O) groups is 13. The van der Waals surface area contributed by atoms with Gasteiger partial charge in [0.25, 0.3) is 0 Å². The molecule has 22 N–H and O–H groups in total. The summed E-state index contributed by atoms with van der Waals surface area (Å²) in [5, 5.41) is 66.0. The van der Waals surface area contributed by atoms with E-state index in [1.165, 1.54) is 19.4 Å². The monoisotopic (exact) mass is 1180 g/mol. The number of hydrogen-bond acceptors (Lipinski definition) is 18. The average Bonchev–Trinajstić information content (AvgIpc) is 3.98. The molecular formula is C48H71N15O18S. The van der Waals surface area contributed by atoms with Gasteiger partial charge in [-0.3, -0.25) is 62.5 Å². The van der Waals surface area contributed by atoms with Crippen LogP contribution in [0.5, 0.6) is 0 Å². The number of amides is 8. The van der Waals surface area contributed by atoms with Crippen molar-refractivity contribution in [1.82, 2.24) is 52.5 Å². The van der Waals surface area contributed by atoms with Crippen LogP contribution in [0.1, 0.15) is 76.0 Å². The minimum Gasteiger partial charge on any atom is -0.481 e. The van der Waals surface area contributed by atoms with Gasteiger partial charge >= 0.3 is 29.8 Å². The van der Waals surface area contributed by atoms with Gasteiger partial charge in [-0.15, -0.1) is 11.8 Å². The van der Waals surface area contributed by atoms with Crippen molar-refractivity contribution in [3.8, 4) is 0 Å². The summed E-state index contributed by atoms with van der Waals surface area (Å²) in [5.41, 5.74) is 22.7. The number of nitrogens with one attached hydrogen (secondary N) is 9. The second-order valence-electron chi connectivity index (χ2n) is 18.4. The molecule has 8 amide bonds. The highest BCUT2D eigenvalue weighted by Crippen LogP contribution is 2.11. The smallest absolute Gasteiger partial charge is 0.327 e. The van der Waals surface area contributed by atoms with Crippen molar-refractivity contribution >= 4 is 94.8 Å². The van der Waals surface area contributed by atoms with E-state index in [-0.39, 0.29) is 56.2 Å². The van der Waals surface area contributed by atoms with Gasteiger partial charge in [0.1, 0.15) is 48.3 Å². The van der Waals surface area contributed by atoms with Crippen molar-refractivity contribution in [3.05, 3.63) is 54.1 Å². The normalized spacial score (nSPS) is 14.1. The SMILES string of the molecule is C[C@H](NC(=O)[C@@H](N)CC(=O)O)C(=O)N[C@@H](CCC(=O)O)C(=O)N[C@@H](Cc1ccccc1)C(=O)N[C@@H](CCCN=C(N)N)C(=O)N[C@@H](Cc1cnc[nH]1)C(=O)N[C@@H](CC(=O)O)C(=O)N[C@@H](CSCC(=O)NCCCC[C@H](N)C(=O)O)C(=O)O. The number of aliphatic imine (C=N–C) groups is 1. The molecule has 0 aliphatic heterocycles. The summed E-state index contributed by atoms with van der Waals surface area (Å²) in [6, 6.07) is -6.28. The van der Waals surface area contributed by atoms with Crippen LogP contribution in [-0.4, -0.2) is 198 Å². The third-order valence-corrected chi connectivity index (χ3v) is 12.6. The van der Waals surface area contributed by atoms with Crippen LogP contribution >= 0.6 is 11.8 Å². The summed E-state index contributed by atoms with van der Waals surface area (Å²) >= 11 is 0.797. The molecule has 452 valence electrons. The van der Waals surface area contributed by atoms with E-state index in [0.29, 0.717) is 18.4 Å². The highest BCUT2D eigenvalue weighted by Gasteiger charge is 2.35. The molecule has 34 heteroatoms. The summed E-state index contributed by atoms with van der Waals surface area (Å²) in [4.78, 5) is 177. The standard InChI is InChI=1S/C48H71N15O18S/c1-24(57-40(72)28(50)18-37(67)68)39(71)58-30(12-13-36(65)66)42(74)60-31(16-25-8-3-2-4-9-25)43(75)59-29(11-7-15-55-48(51)52)41(73)61-32(17-26-20-53-23-56-26)44(76)62-33(19-38(69)70)45(77)63-34(47(80)81)21-82-22-35(64)54-14-6-5-10-27(49)46(78)79/h2-4,8-9,20,23-24,27-34H,5-7,10-19,21-22,49-50H2,1H3,(H,53,56)(H,54,64)(H,57,72)(H,58,71)(H,59,75)(H,60,74)(H,61,73)(H,62,76)(H,63,77)(H,65,66)(H,67,68)(H,69,70)(H,78,79)(H,80,81)(H4,51,52,55)/t24-,27-,28-,29-,30-,31-,32-,33-,34-/m0/s1. The molecule has 33 nitrogen and oxygen atoms in total. The predicted octanol–water partition coefficient (Wildman–Crippen LogP) is -5.68. The Balaban J connectivity index is 2.43. The second-order valence-corrected chi connectivity index (χ2v) is 19.4. The lowest BCUT2D eigenvalue weighted by molar-refractivity contribution is -0.143. The maximum atomic E-state index is 14.4. The van der Waals surface area contributed by atoms with E-state index in [2.05, 4.69) is 57.5 Å². The molecule has 9 atom stereocenters. The van der Waals surface area contributed by atoms with E-state index >= 15 is 0 Å². The van der Waals surface area contributed by atoms with Gasteiger partial charge in [0.15, 0.2) is 5.96 Å². The number of rotatable bonds is 40. The summed E-state index contributed by atoms with van der Waals surface area (Å²) < 4.78 is 0. The van der Waals surface area contributed by atoms with Crippen molar-refractivity contribution in [2.75, 3.05) is 24.6 Å². The number of benzene rings is 1. The second kappa shape index (κ2) is 36.4. The lowest BCUT2D eigenvalue weighted by atomic mass is 10.0. The van der Waals surface area contributed by atoms with Gasteiger partial charge in [-0.25, -0.2) is 9.78 Å². The molecule has 82 heavy (non-hydrogen) atoms. The largest absolute Gasteiger partial charge is 0.481 e. The Morgan fingerprint density at radius 3 is 1.70 bits per heavy atom. The minimum atomic E-state index is -1.97. The van der Waals surface area contributed by atoms with E-state index in [1.807, 2.05) is 0 Å². The minimum absolute atomic E-state index is 0.0110. The Morgan fingerprint density at radius 1 is 0.585 bits per heavy atom. The van der Waals surface area contributed by atoms with E-state index in [0.717, 1.165) is 11.8 Å². The first kappa shape index (κ1) is 69.2. The van der Waals surface area contributed by atoms with Gasteiger partial charge in [-0.05, 0) is 51.0 Å². The van der Waals surface area contributed by atoms with Gasteiger partial charge in [0.05, 0.1) is 31.0 Å². The number of nitrogens with two attached hydrogens (primary N) is 4. The van der Waals surface area contributed by atoms with Crippen molar-refractivity contribution in [2.45, 2.75) is 132 Å². The average molecular weight is 1180 g/mol. The van der Waals surface area contributed by atoms with Gasteiger partial charge in [0, 0.05) is 50.0 Å². The number of carboxylic acid groups (broad SMARTS) is 5. The summed E-state index contributed by atoms with van der Waals surface area (Å²) in [6.07, 6.45) is -0.601. The van der Waals surface area contributed by atoms with Crippen molar-refractivity contribution in [2.24, 2.45) is 27.9 Å². The zero-order valence-electron chi connectivity index (χ0n) is 44.5. The Bertz CT molecular complexity index is 2560. The molecule has 0 spiro atoms.